The first-order valence-electron chi connectivity index (χ1n) is 8.05. The zero-order valence-electron chi connectivity index (χ0n) is 13.6. The number of carbonyl (C=O) groups excluding carboxylic acids is 1. The predicted octanol–water partition coefficient (Wildman–Crippen LogP) is 2.53. The second-order valence-electron chi connectivity index (χ2n) is 5.84. The maximum Gasteiger partial charge on any atom is 0.287 e. The van der Waals surface area contributed by atoms with Crippen molar-refractivity contribution in [3.05, 3.63) is 59.3 Å². The molecule has 1 aliphatic heterocycles. The van der Waals surface area contributed by atoms with Crippen LogP contribution in [0, 0.1) is 12.7 Å². The quantitative estimate of drug-likeness (QED) is 0.914. The number of nitrogens with one attached hydrogen (secondary N) is 1. The van der Waals surface area contributed by atoms with Gasteiger partial charge in [-0.2, -0.15) is 0 Å². The van der Waals surface area contributed by atoms with Crippen LogP contribution in [0.3, 0.4) is 0 Å². The average molecular weight is 332 g/mol. The third-order valence-electron chi connectivity index (χ3n) is 4.16. The van der Waals surface area contributed by atoms with Crippen molar-refractivity contribution in [1.82, 2.24) is 10.2 Å². The summed E-state index contributed by atoms with van der Waals surface area (Å²) in [7, 11) is 0. The molecule has 0 spiro atoms. The summed E-state index contributed by atoms with van der Waals surface area (Å²) < 4.78 is 24.0. The largest absolute Gasteiger partial charge is 0.456 e. The fourth-order valence-electron chi connectivity index (χ4n) is 2.86. The molecule has 0 saturated carbocycles. The number of ether oxygens (including phenoxy) is 1. The van der Waals surface area contributed by atoms with Crippen molar-refractivity contribution in [3.8, 4) is 0 Å². The van der Waals surface area contributed by atoms with Gasteiger partial charge in [-0.3, -0.25) is 9.69 Å². The molecule has 24 heavy (non-hydrogen) atoms. The van der Waals surface area contributed by atoms with Gasteiger partial charge in [0.1, 0.15) is 11.6 Å². The van der Waals surface area contributed by atoms with E-state index in [9.17, 15) is 9.18 Å². The van der Waals surface area contributed by atoms with E-state index in [2.05, 4.69) is 10.2 Å². The van der Waals surface area contributed by atoms with Gasteiger partial charge in [0.05, 0.1) is 19.3 Å². The smallest absolute Gasteiger partial charge is 0.287 e. The Hall–Kier alpha value is -2.18. The Morgan fingerprint density at radius 3 is 2.54 bits per heavy atom. The van der Waals surface area contributed by atoms with Crippen LogP contribution in [0.15, 0.2) is 40.8 Å². The van der Waals surface area contributed by atoms with Crippen LogP contribution in [0.2, 0.25) is 0 Å². The van der Waals surface area contributed by atoms with Crippen LogP contribution in [-0.2, 0) is 4.74 Å². The third kappa shape index (κ3) is 4.01. The molecular weight excluding hydrogens is 311 g/mol. The molecule has 1 aromatic heterocycles. The summed E-state index contributed by atoms with van der Waals surface area (Å²) in [6.07, 6.45) is 0. The minimum absolute atomic E-state index is 0.0329. The van der Waals surface area contributed by atoms with Gasteiger partial charge in [-0.05, 0) is 36.8 Å². The van der Waals surface area contributed by atoms with Crippen molar-refractivity contribution in [3.63, 3.8) is 0 Å². The average Bonchev–Trinajstić information content (AvgIpc) is 3.04. The Morgan fingerprint density at radius 2 is 1.92 bits per heavy atom. The van der Waals surface area contributed by atoms with E-state index in [1.165, 1.54) is 12.1 Å². The number of morpholine rings is 1. The lowest BCUT2D eigenvalue weighted by molar-refractivity contribution is 0.0161. The lowest BCUT2D eigenvalue weighted by atomic mass is 10.0. The molecular formula is C18H21FN2O3. The van der Waals surface area contributed by atoms with Crippen molar-refractivity contribution >= 4 is 5.91 Å². The number of amides is 1. The van der Waals surface area contributed by atoms with Crippen LogP contribution in [0.5, 0.6) is 0 Å². The van der Waals surface area contributed by atoms with E-state index in [0.717, 1.165) is 18.7 Å². The summed E-state index contributed by atoms with van der Waals surface area (Å²) in [5.41, 5.74) is 0.967. The summed E-state index contributed by atoms with van der Waals surface area (Å²) in [5.74, 6) is 0.480. The molecule has 1 unspecified atom stereocenters. The van der Waals surface area contributed by atoms with Crippen LogP contribution in [-0.4, -0.2) is 43.7 Å². The topological polar surface area (TPSA) is 54.7 Å². The normalized spacial score (nSPS) is 16.8. The minimum atomic E-state index is -0.269. The number of halogens is 1. The van der Waals surface area contributed by atoms with Crippen LogP contribution in [0.1, 0.15) is 27.9 Å². The summed E-state index contributed by atoms with van der Waals surface area (Å²) in [6.45, 7) is 5.08. The van der Waals surface area contributed by atoms with Crippen LogP contribution in [0.25, 0.3) is 0 Å². The molecule has 2 heterocycles. The van der Waals surface area contributed by atoms with E-state index in [1.807, 2.05) is 0 Å². The molecule has 2 aromatic rings. The molecule has 1 aromatic carbocycles. The summed E-state index contributed by atoms with van der Waals surface area (Å²) >= 11 is 0. The second-order valence-corrected chi connectivity index (χ2v) is 5.84. The van der Waals surface area contributed by atoms with E-state index >= 15 is 0 Å². The van der Waals surface area contributed by atoms with Gasteiger partial charge in [-0.25, -0.2) is 4.39 Å². The maximum atomic E-state index is 13.2. The van der Waals surface area contributed by atoms with Crippen molar-refractivity contribution in [2.45, 2.75) is 13.0 Å². The number of hydrogen-bond acceptors (Lipinski definition) is 4. The molecule has 6 heteroatoms. The molecule has 3 rings (SSSR count). The standard InChI is InChI=1S/C18H21FN2O3/c1-13-2-7-17(24-13)18(22)20-12-16(21-8-10-23-11-9-21)14-3-5-15(19)6-4-14/h2-7,16H,8-12H2,1H3,(H,20,22). The first kappa shape index (κ1) is 16.7. The predicted molar refractivity (Wildman–Crippen MR) is 87.3 cm³/mol. The maximum absolute atomic E-state index is 13.2. The van der Waals surface area contributed by atoms with Crippen molar-refractivity contribution in [2.24, 2.45) is 0 Å². The zero-order valence-corrected chi connectivity index (χ0v) is 13.6. The summed E-state index contributed by atoms with van der Waals surface area (Å²) in [4.78, 5) is 14.5. The van der Waals surface area contributed by atoms with Crippen LogP contribution >= 0.6 is 0 Å². The molecule has 0 radical (unpaired) electrons. The van der Waals surface area contributed by atoms with Gasteiger partial charge >= 0.3 is 0 Å². The Morgan fingerprint density at radius 1 is 1.21 bits per heavy atom. The van der Waals surface area contributed by atoms with E-state index in [4.69, 9.17) is 9.15 Å². The van der Waals surface area contributed by atoms with Crippen molar-refractivity contribution < 1.29 is 18.3 Å². The first-order chi connectivity index (χ1) is 11.6. The van der Waals surface area contributed by atoms with E-state index in [-0.39, 0.29) is 17.8 Å². The van der Waals surface area contributed by atoms with Gasteiger partial charge in [0.2, 0.25) is 0 Å². The number of hydrogen-bond donors (Lipinski definition) is 1. The van der Waals surface area contributed by atoms with Crippen LogP contribution in [0.4, 0.5) is 4.39 Å². The van der Waals surface area contributed by atoms with Crippen molar-refractivity contribution in [2.75, 3.05) is 32.8 Å². The summed E-state index contributed by atoms with van der Waals surface area (Å²) in [5, 5.41) is 2.91. The highest BCUT2D eigenvalue weighted by molar-refractivity contribution is 5.91. The lowest BCUT2D eigenvalue weighted by Crippen LogP contribution is -2.43. The number of nitrogens with zero attached hydrogens (tertiary/aromatic N) is 1. The number of carbonyl (C=O) groups is 1. The van der Waals surface area contributed by atoms with E-state index in [0.29, 0.717) is 31.3 Å². The third-order valence-corrected chi connectivity index (χ3v) is 4.16. The van der Waals surface area contributed by atoms with Gasteiger partial charge in [-0.15, -0.1) is 0 Å². The molecule has 128 valence electrons. The highest BCUT2D eigenvalue weighted by Crippen LogP contribution is 2.22. The molecule has 0 bridgehead atoms. The Bertz CT molecular complexity index is 678. The Balaban J connectivity index is 1.71. The Kier molecular flexibility index (Phi) is 5.27. The molecule has 5 nitrogen and oxygen atoms in total. The summed E-state index contributed by atoms with van der Waals surface area (Å²) in [6, 6.07) is 9.80. The molecule has 1 atom stereocenters. The fourth-order valence-corrected chi connectivity index (χ4v) is 2.86. The van der Waals surface area contributed by atoms with Gasteiger partial charge in [-0.1, -0.05) is 12.1 Å². The lowest BCUT2D eigenvalue weighted by Gasteiger charge is -2.34. The van der Waals surface area contributed by atoms with Gasteiger partial charge in [0.25, 0.3) is 5.91 Å². The Labute approximate surface area is 140 Å². The van der Waals surface area contributed by atoms with Gasteiger partial charge in [0.15, 0.2) is 5.76 Å². The number of benzene rings is 1. The van der Waals surface area contributed by atoms with Gasteiger partial charge in [0, 0.05) is 19.6 Å². The number of rotatable bonds is 5. The van der Waals surface area contributed by atoms with E-state index in [1.54, 1.807) is 31.2 Å². The highest BCUT2D eigenvalue weighted by atomic mass is 19.1. The number of furan rings is 1. The fraction of sp³-hybridized carbons (Fsp3) is 0.389. The highest BCUT2D eigenvalue weighted by Gasteiger charge is 2.24. The van der Waals surface area contributed by atoms with E-state index < -0.39 is 0 Å². The SMILES string of the molecule is Cc1ccc(C(=O)NCC(c2ccc(F)cc2)N2CCOCC2)o1. The molecule has 1 N–H and O–H groups in total. The molecule has 1 aliphatic rings. The van der Waals surface area contributed by atoms with Gasteiger partial charge < -0.3 is 14.5 Å². The zero-order chi connectivity index (χ0) is 16.9. The molecule has 1 fully saturated rings. The van der Waals surface area contributed by atoms with Crippen molar-refractivity contribution in [1.29, 1.82) is 0 Å². The number of aryl methyl sites for hydroxylation is 1. The minimum Gasteiger partial charge on any atom is -0.456 e. The molecule has 0 aliphatic carbocycles. The second kappa shape index (κ2) is 7.59. The molecule has 1 saturated heterocycles. The first-order valence-corrected chi connectivity index (χ1v) is 8.05. The monoisotopic (exact) mass is 332 g/mol. The van der Waals surface area contributed by atoms with Crippen LogP contribution < -0.4 is 5.32 Å². The molecule has 1 amide bonds.